The third-order valence-corrected chi connectivity index (χ3v) is 5.54. The van der Waals surface area contributed by atoms with Crippen LogP contribution in [0.1, 0.15) is 16.9 Å². The van der Waals surface area contributed by atoms with Gasteiger partial charge in [-0.2, -0.15) is 0 Å². The standard InChI is InChI=1S/C23H16Cl2N2O4/c1-12-3-5-14(24)9-17(12)20-8-7-16(31-20)11-18-21(28)26-23(30)27(22(18)29)15-6-4-13(2)19(25)10-15/h3-11H,1-2H3,(H,26,28,30)/b18-11-. The summed E-state index contributed by atoms with van der Waals surface area (Å²) in [6.45, 7) is 3.72. The number of rotatable bonds is 3. The summed E-state index contributed by atoms with van der Waals surface area (Å²) in [6.07, 6.45) is 1.30. The molecule has 1 aliphatic rings. The molecule has 1 N–H and O–H groups in total. The monoisotopic (exact) mass is 454 g/mol. The second-order valence-corrected chi connectivity index (χ2v) is 7.90. The summed E-state index contributed by atoms with van der Waals surface area (Å²) in [6, 6.07) is 12.7. The molecule has 3 aromatic rings. The molecule has 0 unspecified atom stereocenters. The van der Waals surface area contributed by atoms with E-state index in [0.29, 0.717) is 15.8 Å². The Morgan fingerprint density at radius 1 is 0.935 bits per heavy atom. The minimum Gasteiger partial charge on any atom is -0.457 e. The number of amides is 4. The molecule has 1 fully saturated rings. The molecule has 4 amide bonds. The van der Waals surface area contributed by atoms with Gasteiger partial charge in [0.2, 0.25) is 0 Å². The number of carbonyl (C=O) groups excluding carboxylic acids is 3. The van der Waals surface area contributed by atoms with Gasteiger partial charge in [0.15, 0.2) is 0 Å². The molecule has 6 nitrogen and oxygen atoms in total. The average Bonchev–Trinajstić information content (AvgIpc) is 3.18. The Morgan fingerprint density at radius 3 is 2.42 bits per heavy atom. The molecule has 0 spiro atoms. The average molecular weight is 455 g/mol. The van der Waals surface area contributed by atoms with E-state index in [1.54, 1.807) is 43.3 Å². The Kier molecular flexibility index (Phi) is 5.43. The molecule has 1 saturated heterocycles. The van der Waals surface area contributed by atoms with E-state index < -0.39 is 17.8 Å². The number of hydrogen-bond acceptors (Lipinski definition) is 4. The van der Waals surface area contributed by atoms with Gasteiger partial charge in [-0.1, -0.05) is 35.3 Å². The summed E-state index contributed by atoms with van der Waals surface area (Å²) in [5.41, 5.74) is 2.56. The smallest absolute Gasteiger partial charge is 0.335 e. The fraction of sp³-hybridized carbons (Fsp3) is 0.0870. The van der Waals surface area contributed by atoms with Gasteiger partial charge in [0.1, 0.15) is 17.1 Å². The van der Waals surface area contributed by atoms with Crippen LogP contribution in [0.15, 0.2) is 58.5 Å². The molecule has 0 aliphatic carbocycles. The van der Waals surface area contributed by atoms with Gasteiger partial charge in [-0.15, -0.1) is 0 Å². The van der Waals surface area contributed by atoms with Gasteiger partial charge >= 0.3 is 6.03 Å². The molecule has 0 bridgehead atoms. The highest BCUT2D eigenvalue weighted by Gasteiger charge is 2.37. The number of benzene rings is 2. The highest BCUT2D eigenvalue weighted by atomic mass is 35.5. The highest BCUT2D eigenvalue weighted by Crippen LogP contribution is 2.30. The van der Waals surface area contributed by atoms with Gasteiger partial charge in [0.05, 0.1) is 5.69 Å². The molecule has 1 aliphatic heterocycles. The number of hydrogen-bond donors (Lipinski definition) is 1. The fourth-order valence-corrected chi connectivity index (χ4v) is 3.54. The second-order valence-electron chi connectivity index (χ2n) is 7.05. The predicted molar refractivity (Wildman–Crippen MR) is 119 cm³/mol. The minimum atomic E-state index is -0.846. The van der Waals surface area contributed by atoms with Crippen molar-refractivity contribution in [1.29, 1.82) is 0 Å². The lowest BCUT2D eigenvalue weighted by atomic mass is 10.1. The van der Waals surface area contributed by atoms with Crippen molar-refractivity contribution in [3.8, 4) is 11.3 Å². The molecule has 0 radical (unpaired) electrons. The van der Waals surface area contributed by atoms with Gasteiger partial charge in [0, 0.05) is 15.6 Å². The molecule has 8 heteroatoms. The zero-order chi connectivity index (χ0) is 22.3. The lowest BCUT2D eigenvalue weighted by molar-refractivity contribution is -0.122. The molecule has 0 saturated carbocycles. The Balaban J connectivity index is 1.70. The summed E-state index contributed by atoms with van der Waals surface area (Å²) in [4.78, 5) is 38.6. The van der Waals surface area contributed by atoms with Gasteiger partial charge in [-0.3, -0.25) is 14.9 Å². The number of furan rings is 1. The van der Waals surface area contributed by atoms with Crippen LogP contribution in [0.2, 0.25) is 10.0 Å². The third kappa shape index (κ3) is 4.00. The molecule has 2 aromatic carbocycles. The Bertz CT molecular complexity index is 1280. The van der Waals surface area contributed by atoms with Crippen LogP contribution in [0.3, 0.4) is 0 Å². The molecule has 2 heterocycles. The van der Waals surface area contributed by atoms with Crippen LogP contribution in [-0.4, -0.2) is 17.8 Å². The molecule has 0 atom stereocenters. The van der Waals surface area contributed by atoms with Crippen molar-refractivity contribution in [1.82, 2.24) is 5.32 Å². The van der Waals surface area contributed by atoms with Crippen LogP contribution in [0.5, 0.6) is 0 Å². The molecular weight excluding hydrogens is 439 g/mol. The van der Waals surface area contributed by atoms with Gasteiger partial charge < -0.3 is 4.42 Å². The lowest BCUT2D eigenvalue weighted by Crippen LogP contribution is -2.54. The first-order chi connectivity index (χ1) is 14.7. The highest BCUT2D eigenvalue weighted by molar-refractivity contribution is 6.39. The van der Waals surface area contributed by atoms with Gasteiger partial charge in [-0.25, -0.2) is 9.69 Å². The van der Waals surface area contributed by atoms with Crippen molar-refractivity contribution < 1.29 is 18.8 Å². The number of nitrogens with zero attached hydrogens (tertiary/aromatic N) is 1. The van der Waals surface area contributed by atoms with Crippen molar-refractivity contribution in [3.05, 3.63) is 81.0 Å². The van der Waals surface area contributed by atoms with Crippen LogP contribution in [0, 0.1) is 13.8 Å². The third-order valence-electron chi connectivity index (χ3n) is 4.89. The zero-order valence-electron chi connectivity index (χ0n) is 16.5. The summed E-state index contributed by atoms with van der Waals surface area (Å²) in [5, 5.41) is 3.13. The van der Waals surface area contributed by atoms with Crippen LogP contribution < -0.4 is 10.2 Å². The second kappa shape index (κ2) is 8.06. The van der Waals surface area contributed by atoms with E-state index in [4.69, 9.17) is 27.6 Å². The van der Waals surface area contributed by atoms with E-state index in [2.05, 4.69) is 5.32 Å². The van der Waals surface area contributed by atoms with Crippen LogP contribution in [0.4, 0.5) is 10.5 Å². The number of anilines is 1. The minimum absolute atomic E-state index is 0.236. The molecule has 31 heavy (non-hydrogen) atoms. The van der Waals surface area contributed by atoms with Crippen molar-refractivity contribution in [2.24, 2.45) is 0 Å². The maximum atomic E-state index is 13.0. The maximum Gasteiger partial charge on any atom is 0.335 e. The number of urea groups is 1. The SMILES string of the molecule is Cc1ccc(N2C(=O)NC(=O)/C(=C/c3ccc(-c4cc(Cl)ccc4C)o3)C2=O)cc1Cl. The van der Waals surface area contributed by atoms with Gasteiger partial charge in [0.25, 0.3) is 11.8 Å². The number of carbonyl (C=O) groups is 3. The van der Waals surface area contributed by atoms with E-state index in [-0.39, 0.29) is 17.0 Å². The van der Waals surface area contributed by atoms with E-state index in [1.807, 2.05) is 13.0 Å². The maximum absolute atomic E-state index is 13.0. The first kappa shape index (κ1) is 20.9. The summed E-state index contributed by atoms with van der Waals surface area (Å²) >= 11 is 12.2. The molecule has 4 rings (SSSR count). The van der Waals surface area contributed by atoms with E-state index >= 15 is 0 Å². The topological polar surface area (TPSA) is 79.6 Å². The largest absolute Gasteiger partial charge is 0.457 e. The summed E-state index contributed by atoms with van der Waals surface area (Å²) in [7, 11) is 0. The van der Waals surface area contributed by atoms with Gasteiger partial charge in [-0.05, 0) is 67.4 Å². The molecule has 156 valence electrons. The quantitative estimate of drug-likeness (QED) is 0.416. The molecule has 1 aromatic heterocycles. The van der Waals surface area contributed by atoms with Crippen LogP contribution in [0.25, 0.3) is 17.4 Å². The first-order valence-corrected chi connectivity index (χ1v) is 10.0. The Labute approximate surface area is 188 Å². The van der Waals surface area contributed by atoms with E-state index in [1.165, 1.54) is 12.1 Å². The van der Waals surface area contributed by atoms with E-state index in [9.17, 15) is 14.4 Å². The van der Waals surface area contributed by atoms with Crippen molar-refractivity contribution in [2.45, 2.75) is 13.8 Å². The normalized spacial score (nSPS) is 15.5. The summed E-state index contributed by atoms with van der Waals surface area (Å²) < 4.78 is 5.82. The molecular formula is C23H16Cl2N2O4. The van der Waals surface area contributed by atoms with E-state index in [0.717, 1.165) is 21.6 Å². The number of aryl methyl sites for hydroxylation is 2. The van der Waals surface area contributed by atoms with Crippen molar-refractivity contribution in [2.75, 3.05) is 4.90 Å². The zero-order valence-corrected chi connectivity index (χ0v) is 18.0. The first-order valence-electron chi connectivity index (χ1n) is 9.28. The Hall–Kier alpha value is -3.35. The number of barbiturate groups is 1. The van der Waals surface area contributed by atoms with Crippen molar-refractivity contribution in [3.63, 3.8) is 0 Å². The number of imide groups is 2. The fourth-order valence-electron chi connectivity index (χ4n) is 3.19. The number of halogens is 2. The lowest BCUT2D eigenvalue weighted by Gasteiger charge is -2.26. The Morgan fingerprint density at radius 2 is 1.68 bits per heavy atom. The summed E-state index contributed by atoms with van der Waals surface area (Å²) in [5.74, 6) is -0.759. The van der Waals surface area contributed by atoms with Crippen molar-refractivity contribution >= 4 is 52.8 Å². The van der Waals surface area contributed by atoms with Crippen LogP contribution in [-0.2, 0) is 9.59 Å². The van der Waals surface area contributed by atoms with Crippen LogP contribution >= 0.6 is 23.2 Å². The number of nitrogens with one attached hydrogen (secondary N) is 1. The predicted octanol–water partition coefficient (Wildman–Crippen LogP) is 5.54.